The molecule has 1 aliphatic rings. The van der Waals surface area contributed by atoms with Crippen molar-refractivity contribution >= 4 is 23.4 Å². The van der Waals surface area contributed by atoms with Gasteiger partial charge in [-0.05, 0) is 12.8 Å². The highest BCUT2D eigenvalue weighted by molar-refractivity contribution is 6.28. The number of carboxylic acids is 1. The summed E-state index contributed by atoms with van der Waals surface area (Å²) in [6, 6.07) is 0. The van der Waals surface area contributed by atoms with Gasteiger partial charge in [-0.15, -0.1) is 11.6 Å². The molecule has 0 aromatic rings. The van der Waals surface area contributed by atoms with E-state index in [4.69, 9.17) is 22.4 Å². The van der Waals surface area contributed by atoms with Crippen molar-refractivity contribution in [1.82, 2.24) is 0 Å². The SMILES string of the molecule is NC(CCl)=NC1(C(=O)O)CC1. The van der Waals surface area contributed by atoms with Crippen molar-refractivity contribution in [2.75, 3.05) is 5.88 Å². The van der Waals surface area contributed by atoms with Gasteiger partial charge in [-0.1, -0.05) is 0 Å². The minimum atomic E-state index is -0.932. The molecular weight excluding hydrogens is 168 g/mol. The largest absolute Gasteiger partial charge is 0.479 e. The van der Waals surface area contributed by atoms with Crippen LogP contribution >= 0.6 is 11.6 Å². The Morgan fingerprint density at radius 1 is 1.73 bits per heavy atom. The number of rotatable bonds is 3. The zero-order valence-electron chi connectivity index (χ0n) is 5.88. The predicted octanol–water partition coefficient (Wildman–Crippen LogP) is 0.200. The quantitative estimate of drug-likeness (QED) is 0.367. The molecule has 0 radical (unpaired) electrons. The molecule has 0 amide bonds. The van der Waals surface area contributed by atoms with Crippen LogP contribution in [0.3, 0.4) is 0 Å². The summed E-state index contributed by atoms with van der Waals surface area (Å²) in [5.74, 6) is -0.619. The summed E-state index contributed by atoms with van der Waals surface area (Å²) in [5, 5.41) is 8.64. The van der Waals surface area contributed by atoms with E-state index < -0.39 is 11.5 Å². The van der Waals surface area contributed by atoms with Crippen molar-refractivity contribution in [2.24, 2.45) is 10.7 Å². The van der Waals surface area contributed by atoms with Gasteiger partial charge in [0, 0.05) is 0 Å². The number of carbonyl (C=O) groups is 1. The van der Waals surface area contributed by atoms with Crippen LogP contribution in [0, 0.1) is 0 Å². The zero-order valence-corrected chi connectivity index (χ0v) is 6.64. The first-order chi connectivity index (χ1) is 5.10. The molecule has 3 N–H and O–H groups in total. The number of alkyl halides is 1. The van der Waals surface area contributed by atoms with Crippen LogP contribution in [0.5, 0.6) is 0 Å². The second-order valence-corrected chi connectivity index (χ2v) is 2.84. The Hall–Kier alpha value is -0.770. The molecule has 1 rings (SSSR count). The lowest BCUT2D eigenvalue weighted by Gasteiger charge is -2.03. The normalized spacial score (nSPS) is 21.4. The Balaban J connectivity index is 2.68. The van der Waals surface area contributed by atoms with Gasteiger partial charge in [0.05, 0.1) is 5.88 Å². The number of carboxylic acid groups (broad SMARTS) is 1. The molecule has 1 saturated carbocycles. The average Bonchev–Trinajstić information content (AvgIpc) is 2.69. The van der Waals surface area contributed by atoms with Crippen LogP contribution in [0.15, 0.2) is 4.99 Å². The molecule has 0 saturated heterocycles. The maximum atomic E-state index is 10.5. The third-order valence-corrected chi connectivity index (χ3v) is 1.89. The monoisotopic (exact) mass is 176 g/mol. The predicted molar refractivity (Wildman–Crippen MR) is 41.9 cm³/mol. The fraction of sp³-hybridized carbons (Fsp3) is 0.667. The van der Waals surface area contributed by atoms with Gasteiger partial charge in [-0.3, -0.25) is 4.99 Å². The number of halogens is 1. The third-order valence-electron chi connectivity index (χ3n) is 1.62. The Morgan fingerprint density at radius 2 is 2.27 bits per heavy atom. The molecule has 0 atom stereocenters. The number of hydrogen-bond donors (Lipinski definition) is 2. The van der Waals surface area contributed by atoms with Crippen molar-refractivity contribution in [3.8, 4) is 0 Å². The van der Waals surface area contributed by atoms with E-state index >= 15 is 0 Å². The molecule has 0 bridgehead atoms. The molecular formula is C6H9ClN2O2. The van der Waals surface area contributed by atoms with Crippen molar-refractivity contribution in [3.05, 3.63) is 0 Å². The van der Waals surface area contributed by atoms with Crippen molar-refractivity contribution in [3.63, 3.8) is 0 Å². The Bertz CT molecular complexity index is 211. The van der Waals surface area contributed by atoms with Crippen LogP contribution < -0.4 is 5.73 Å². The minimum absolute atomic E-state index is 0.0923. The zero-order chi connectivity index (χ0) is 8.48. The average molecular weight is 177 g/mol. The first-order valence-corrected chi connectivity index (χ1v) is 3.78. The topological polar surface area (TPSA) is 75.7 Å². The summed E-state index contributed by atoms with van der Waals surface area (Å²) in [6.45, 7) is 0. The Kier molecular flexibility index (Phi) is 2.04. The molecule has 11 heavy (non-hydrogen) atoms. The Morgan fingerprint density at radius 3 is 2.55 bits per heavy atom. The van der Waals surface area contributed by atoms with Gasteiger partial charge < -0.3 is 10.8 Å². The lowest BCUT2D eigenvalue weighted by Crippen LogP contribution is -2.25. The van der Waals surface area contributed by atoms with Crippen LogP contribution in [-0.2, 0) is 4.79 Å². The van der Waals surface area contributed by atoms with Crippen LogP contribution in [0.2, 0.25) is 0 Å². The summed E-state index contributed by atoms with van der Waals surface area (Å²) in [7, 11) is 0. The standard InChI is InChI=1S/C6H9ClN2O2/c7-3-4(8)9-6(1-2-6)5(10)11/h1-3H2,(H2,8,9)(H,10,11). The summed E-state index contributed by atoms with van der Waals surface area (Å²) < 4.78 is 0. The summed E-state index contributed by atoms with van der Waals surface area (Å²) >= 11 is 5.34. The van der Waals surface area contributed by atoms with E-state index in [1.165, 1.54) is 0 Å². The number of aliphatic imine (C=N–C) groups is 1. The highest BCUT2D eigenvalue weighted by atomic mass is 35.5. The van der Waals surface area contributed by atoms with Gasteiger partial charge in [-0.2, -0.15) is 0 Å². The molecule has 0 heterocycles. The second-order valence-electron chi connectivity index (χ2n) is 2.57. The van der Waals surface area contributed by atoms with Crippen LogP contribution in [-0.4, -0.2) is 28.3 Å². The van der Waals surface area contributed by atoms with Crippen LogP contribution in [0.4, 0.5) is 0 Å². The molecule has 1 fully saturated rings. The molecule has 1 aliphatic carbocycles. The molecule has 4 nitrogen and oxygen atoms in total. The number of nitrogens with two attached hydrogens (primary N) is 1. The highest BCUT2D eigenvalue weighted by Gasteiger charge is 2.50. The molecule has 0 aromatic carbocycles. The maximum Gasteiger partial charge on any atom is 0.331 e. The fourth-order valence-corrected chi connectivity index (χ4v) is 0.856. The number of amidine groups is 1. The van der Waals surface area contributed by atoms with E-state index in [2.05, 4.69) is 4.99 Å². The molecule has 62 valence electrons. The Labute approximate surface area is 69.1 Å². The fourth-order valence-electron chi connectivity index (χ4n) is 0.797. The van der Waals surface area contributed by atoms with Gasteiger partial charge in [0.15, 0.2) is 5.54 Å². The van der Waals surface area contributed by atoms with E-state index in [0.717, 1.165) is 0 Å². The smallest absolute Gasteiger partial charge is 0.331 e. The van der Waals surface area contributed by atoms with E-state index in [1.54, 1.807) is 0 Å². The lowest BCUT2D eigenvalue weighted by atomic mass is 10.3. The van der Waals surface area contributed by atoms with Crippen LogP contribution in [0.1, 0.15) is 12.8 Å². The number of aliphatic carboxylic acids is 1. The number of nitrogens with zero attached hydrogens (tertiary/aromatic N) is 1. The molecule has 0 aliphatic heterocycles. The summed E-state index contributed by atoms with van der Waals surface area (Å²) in [5.41, 5.74) is 4.36. The van der Waals surface area contributed by atoms with E-state index in [1.807, 2.05) is 0 Å². The second kappa shape index (κ2) is 2.70. The first-order valence-electron chi connectivity index (χ1n) is 3.24. The number of hydrogen-bond acceptors (Lipinski definition) is 2. The van der Waals surface area contributed by atoms with Gasteiger partial charge in [0.1, 0.15) is 5.84 Å². The van der Waals surface area contributed by atoms with Crippen molar-refractivity contribution < 1.29 is 9.90 Å². The minimum Gasteiger partial charge on any atom is -0.479 e. The van der Waals surface area contributed by atoms with Gasteiger partial charge >= 0.3 is 5.97 Å². The van der Waals surface area contributed by atoms with Gasteiger partial charge in [-0.25, -0.2) is 4.79 Å². The van der Waals surface area contributed by atoms with Gasteiger partial charge in [0.25, 0.3) is 0 Å². The van der Waals surface area contributed by atoms with Crippen molar-refractivity contribution in [1.29, 1.82) is 0 Å². The van der Waals surface area contributed by atoms with E-state index in [-0.39, 0.29) is 11.7 Å². The molecule has 0 spiro atoms. The van der Waals surface area contributed by atoms with Crippen molar-refractivity contribution in [2.45, 2.75) is 18.4 Å². The first kappa shape index (κ1) is 8.33. The summed E-state index contributed by atoms with van der Waals surface area (Å²) in [4.78, 5) is 14.3. The maximum absolute atomic E-state index is 10.5. The third kappa shape index (κ3) is 1.63. The molecule has 5 heteroatoms. The van der Waals surface area contributed by atoms with E-state index in [0.29, 0.717) is 12.8 Å². The molecule has 0 unspecified atom stereocenters. The van der Waals surface area contributed by atoms with Crippen LogP contribution in [0.25, 0.3) is 0 Å². The van der Waals surface area contributed by atoms with E-state index in [9.17, 15) is 4.79 Å². The summed E-state index contributed by atoms with van der Waals surface area (Å²) in [6.07, 6.45) is 1.14. The highest BCUT2D eigenvalue weighted by Crippen LogP contribution is 2.39. The van der Waals surface area contributed by atoms with Gasteiger partial charge in [0.2, 0.25) is 0 Å². The molecule has 0 aromatic heterocycles. The lowest BCUT2D eigenvalue weighted by molar-refractivity contribution is -0.139.